The van der Waals surface area contributed by atoms with E-state index >= 15 is 0 Å². The Morgan fingerprint density at radius 1 is 1.08 bits per heavy atom. The number of amides is 2. The van der Waals surface area contributed by atoms with Crippen LogP contribution < -0.4 is 16.4 Å². The number of hydrogen-bond donors (Lipinski definition) is 3. The van der Waals surface area contributed by atoms with E-state index in [1.165, 1.54) is 0 Å². The van der Waals surface area contributed by atoms with Gasteiger partial charge in [-0.05, 0) is 31.0 Å². The molecule has 138 valence electrons. The summed E-state index contributed by atoms with van der Waals surface area (Å²) >= 11 is 0. The number of nitrogens with one attached hydrogen (secondary N) is 2. The molecule has 7 heteroatoms. The summed E-state index contributed by atoms with van der Waals surface area (Å²) in [6, 6.07) is 10.8. The van der Waals surface area contributed by atoms with Gasteiger partial charge in [-0.2, -0.15) is 0 Å². The van der Waals surface area contributed by atoms with Gasteiger partial charge in [0.1, 0.15) is 6.61 Å². The van der Waals surface area contributed by atoms with Crippen molar-refractivity contribution in [3.05, 3.63) is 54.4 Å². The molecule has 0 aliphatic rings. The minimum atomic E-state index is -0.453. The molecule has 0 saturated heterocycles. The number of anilines is 2. The number of nitrogen functional groups attached to an aromatic ring is 1. The van der Waals surface area contributed by atoms with E-state index in [9.17, 15) is 9.59 Å². The van der Waals surface area contributed by atoms with Gasteiger partial charge in [-0.3, -0.25) is 9.78 Å². The molecule has 26 heavy (non-hydrogen) atoms. The van der Waals surface area contributed by atoms with E-state index in [0.717, 1.165) is 24.8 Å². The zero-order valence-corrected chi connectivity index (χ0v) is 14.6. The number of pyridine rings is 1. The van der Waals surface area contributed by atoms with Gasteiger partial charge in [-0.1, -0.05) is 24.6 Å². The first-order valence-electron chi connectivity index (χ1n) is 8.59. The van der Waals surface area contributed by atoms with Crippen LogP contribution in [-0.4, -0.2) is 23.5 Å². The fraction of sp³-hybridized carbons (Fsp3) is 0.316. The Morgan fingerprint density at radius 3 is 2.69 bits per heavy atom. The number of benzene rings is 1. The molecule has 0 spiro atoms. The summed E-state index contributed by atoms with van der Waals surface area (Å²) in [5.74, 6) is -0.0632. The number of alkyl carbamates (subject to hydrolysis) is 1. The van der Waals surface area contributed by atoms with Gasteiger partial charge in [0.15, 0.2) is 0 Å². The zero-order chi connectivity index (χ0) is 18.6. The first-order chi connectivity index (χ1) is 12.6. The van der Waals surface area contributed by atoms with Gasteiger partial charge in [0, 0.05) is 30.9 Å². The van der Waals surface area contributed by atoms with Crippen LogP contribution >= 0.6 is 0 Å². The number of carbonyl (C=O) groups is 2. The Bertz CT molecular complexity index is 707. The van der Waals surface area contributed by atoms with Crippen molar-refractivity contribution in [3.8, 4) is 0 Å². The Kier molecular flexibility index (Phi) is 7.92. The van der Waals surface area contributed by atoms with E-state index < -0.39 is 6.09 Å². The summed E-state index contributed by atoms with van der Waals surface area (Å²) < 4.78 is 5.08. The van der Waals surface area contributed by atoms with E-state index in [1.807, 2.05) is 18.2 Å². The molecule has 0 atom stereocenters. The van der Waals surface area contributed by atoms with Gasteiger partial charge in [0.2, 0.25) is 5.91 Å². The van der Waals surface area contributed by atoms with Crippen molar-refractivity contribution in [1.82, 2.24) is 10.3 Å². The highest BCUT2D eigenvalue weighted by Gasteiger charge is 2.05. The molecule has 0 radical (unpaired) electrons. The van der Waals surface area contributed by atoms with Crippen molar-refractivity contribution in [3.63, 3.8) is 0 Å². The van der Waals surface area contributed by atoms with Crippen LogP contribution in [0.3, 0.4) is 0 Å². The maximum atomic E-state index is 11.9. The number of unbranched alkanes of at least 4 members (excludes halogenated alkanes) is 2. The Morgan fingerprint density at radius 2 is 1.92 bits per heavy atom. The largest absolute Gasteiger partial charge is 0.445 e. The lowest BCUT2D eigenvalue weighted by atomic mass is 10.2. The number of carbonyl (C=O) groups excluding carboxylic acids is 2. The summed E-state index contributed by atoms with van der Waals surface area (Å²) in [6.45, 7) is 0.710. The Hall–Kier alpha value is -3.09. The SMILES string of the molecule is Nc1ccccc1NC(=O)CCCCCNC(=O)OCc1cccnc1. The van der Waals surface area contributed by atoms with Crippen molar-refractivity contribution in [1.29, 1.82) is 0 Å². The molecule has 1 aromatic heterocycles. The molecule has 7 nitrogen and oxygen atoms in total. The van der Waals surface area contributed by atoms with Crippen LogP contribution in [0.1, 0.15) is 31.2 Å². The first-order valence-corrected chi connectivity index (χ1v) is 8.59. The van der Waals surface area contributed by atoms with Crippen LogP contribution in [0.5, 0.6) is 0 Å². The summed E-state index contributed by atoms with van der Waals surface area (Å²) in [6.07, 6.45) is 5.64. The topological polar surface area (TPSA) is 106 Å². The quantitative estimate of drug-likeness (QED) is 0.473. The normalized spacial score (nSPS) is 10.2. The van der Waals surface area contributed by atoms with Crippen LogP contribution in [-0.2, 0) is 16.1 Å². The van der Waals surface area contributed by atoms with Gasteiger partial charge in [-0.15, -0.1) is 0 Å². The van der Waals surface area contributed by atoms with Crippen LogP contribution in [0, 0.1) is 0 Å². The second kappa shape index (κ2) is 10.7. The Labute approximate surface area is 153 Å². The van der Waals surface area contributed by atoms with Crippen molar-refractivity contribution >= 4 is 23.4 Å². The number of nitrogens with zero attached hydrogens (tertiary/aromatic N) is 1. The molecular weight excluding hydrogens is 332 g/mol. The fourth-order valence-corrected chi connectivity index (χ4v) is 2.28. The highest BCUT2D eigenvalue weighted by molar-refractivity contribution is 5.93. The highest BCUT2D eigenvalue weighted by Crippen LogP contribution is 2.17. The minimum absolute atomic E-state index is 0.0632. The number of ether oxygens (including phenoxy) is 1. The number of nitrogens with two attached hydrogens (primary N) is 1. The molecule has 4 N–H and O–H groups in total. The molecule has 1 aromatic carbocycles. The number of aromatic nitrogens is 1. The number of hydrogen-bond acceptors (Lipinski definition) is 5. The lowest BCUT2D eigenvalue weighted by Gasteiger charge is -2.08. The van der Waals surface area contributed by atoms with Crippen molar-refractivity contribution in [2.24, 2.45) is 0 Å². The van der Waals surface area contributed by atoms with Crippen LogP contribution in [0.15, 0.2) is 48.8 Å². The smallest absolute Gasteiger partial charge is 0.407 e. The maximum Gasteiger partial charge on any atom is 0.407 e. The molecule has 2 aromatic rings. The summed E-state index contributed by atoms with van der Waals surface area (Å²) in [4.78, 5) is 27.4. The predicted octanol–water partition coefficient (Wildman–Crippen LogP) is 3.09. The number of para-hydroxylation sites is 2. The van der Waals surface area contributed by atoms with Crippen LogP contribution in [0.25, 0.3) is 0 Å². The van der Waals surface area contributed by atoms with Crippen molar-refractivity contribution < 1.29 is 14.3 Å². The maximum absolute atomic E-state index is 11.9. The molecule has 2 amide bonds. The van der Waals surface area contributed by atoms with Crippen molar-refractivity contribution in [2.75, 3.05) is 17.6 Å². The van der Waals surface area contributed by atoms with E-state index in [1.54, 1.807) is 30.6 Å². The average Bonchev–Trinajstić information content (AvgIpc) is 2.65. The lowest BCUT2D eigenvalue weighted by molar-refractivity contribution is -0.116. The molecule has 1 heterocycles. The summed E-state index contributed by atoms with van der Waals surface area (Å²) in [5.41, 5.74) is 7.81. The highest BCUT2D eigenvalue weighted by atomic mass is 16.5. The average molecular weight is 356 g/mol. The summed E-state index contributed by atoms with van der Waals surface area (Å²) in [7, 11) is 0. The van der Waals surface area contributed by atoms with Gasteiger partial charge in [0.05, 0.1) is 11.4 Å². The van der Waals surface area contributed by atoms with Gasteiger partial charge in [-0.25, -0.2) is 4.79 Å². The van der Waals surface area contributed by atoms with E-state index in [2.05, 4.69) is 15.6 Å². The zero-order valence-electron chi connectivity index (χ0n) is 14.6. The molecule has 0 aliphatic carbocycles. The molecule has 0 fully saturated rings. The molecule has 0 bridgehead atoms. The van der Waals surface area contributed by atoms with E-state index in [4.69, 9.17) is 10.5 Å². The second-order valence-electron chi connectivity index (χ2n) is 5.81. The monoisotopic (exact) mass is 356 g/mol. The molecule has 0 saturated carbocycles. The predicted molar refractivity (Wildman–Crippen MR) is 100 cm³/mol. The molecular formula is C19H24N4O3. The Balaban J connectivity index is 1.50. The standard InChI is InChI=1S/C19H24N4O3/c20-16-8-3-4-9-17(16)23-18(24)10-2-1-5-12-22-19(25)26-14-15-7-6-11-21-13-15/h3-4,6-9,11,13H,1-2,5,10,12,14,20H2,(H,22,25)(H,23,24). The number of rotatable bonds is 9. The fourth-order valence-electron chi connectivity index (χ4n) is 2.28. The van der Waals surface area contributed by atoms with E-state index in [0.29, 0.717) is 24.3 Å². The van der Waals surface area contributed by atoms with Crippen LogP contribution in [0.4, 0.5) is 16.2 Å². The van der Waals surface area contributed by atoms with Crippen molar-refractivity contribution in [2.45, 2.75) is 32.3 Å². The van der Waals surface area contributed by atoms with E-state index in [-0.39, 0.29) is 12.5 Å². The molecule has 0 unspecified atom stereocenters. The van der Waals surface area contributed by atoms with Gasteiger partial charge in [0.25, 0.3) is 0 Å². The second-order valence-corrected chi connectivity index (χ2v) is 5.81. The van der Waals surface area contributed by atoms with Gasteiger partial charge >= 0.3 is 6.09 Å². The summed E-state index contributed by atoms with van der Waals surface area (Å²) in [5, 5.41) is 5.48. The van der Waals surface area contributed by atoms with Crippen LogP contribution in [0.2, 0.25) is 0 Å². The minimum Gasteiger partial charge on any atom is -0.445 e. The molecule has 2 rings (SSSR count). The third-order valence-electron chi connectivity index (χ3n) is 3.68. The molecule has 0 aliphatic heterocycles. The third-order valence-corrected chi connectivity index (χ3v) is 3.68. The van der Waals surface area contributed by atoms with Gasteiger partial charge < -0.3 is 21.1 Å². The third kappa shape index (κ3) is 7.21. The first kappa shape index (κ1) is 19.2. The lowest BCUT2D eigenvalue weighted by Crippen LogP contribution is -2.25.